The highest BCUT2D eigenvalue weighted by Gasteiger charge is 2.21. The lowest BCUT2D eigenvalue weighted by Crippen LogP contribution is -2.35. The average Bonchev–Trinajstić information content (AvgIpc) is 2.12. The summed E-state index contributed by atoms with van der Waals surface area (Å²) < 4.78 is 25.6. The van der Waals surface area contributed by atoms with Crippen molar-refractivity contribution in [2.24, 2.45) is 0 Å². The van der Waals surface area contributed by atoms with Crippen LogP contribution in [0.1, 0.15) is 19.0 Å². The molecule has 0 atom stereocenters. The molecule has 1 rings (SSSR count). The summed E-state index contributed by atoms with van der Waals surface area (Å²) in [6.45, 7) is 3.39. The number of aromatic nitrogens is 2. The largest absolute Gasteiger partial charge is 0.325 e. The molecule has 8 heteroatoms. The quantitative estimate of drug-likeness (QED) is 0.637. The van der Waals surface area contributed by atoms with Crippen LogP contribution in [-0.2, 0) is 10.0 Å². The summed E-state index contributed by atoms with van der Waals surface area (Å²) in [7, 11) is -3.86. The lowest BCUT2D eigenvalue weighted by Gasteiger charge is -2.06. The minimum atomic E-state index is -3.86. The van der Waals surface area contributed by atoms with Gasteiger partial charge < -0.3 is 4.98 Å². The standard InChI is InChI=1S/C8H13N3O4S/c1-3-4-9-16(14,15)6-5(2)10-8(13)11-7(6)12/h9H,3-4H2,1-2H3,(H2,10,11,12,13). The maximum Gasteiger partial charge on any atom is 0.325 e. The van der Waals surface area contributed by atoms with Crippen LogP contribution in [0.3, 0.4) is 0 Å². The Kier molecular flexibility index (Phi) is 3.66. The molecule has 0 saturated carbocycles. The normalized spacial score (nSPS) is 11.6. The van der Waals surface area contributed by atoms with Gasteiger partial charge in [-0.15, -0.1) is 0 Å². The van der Waals surface area contributed by atoms with Crippen molar-refractivity contribution in [3.63, 3.8) is 0 Å². The van der Waals surface area contributed by atoms with Gasteiger partial charge in [-0.2, -0.15) is 0 Å². The van der Waals surface area contributed by atoms with E-state index >= 15 is 0 Å². The van der Waals surface area contributed by atoms with Crippen molar-refractivity contribution in [2.45, 2.75) is 25.2 Å². The molecule has 0 aliphatic rings. The van der Waals surface area contributed by atoms with E-state index in [0.29, 0.717) is 6.42 Å². The summed E-state index contributed by atoms with van der Waals surface area (Å²) in [5.74, 6) is 0. The summed E-state index contributed by atoms with van der Waals surface area (Å²) in [5, 5.41) is 0. The number of aryl methyl sites for hydroxylation is 1. The van der Waals surface area contributed by atoms with Gasteiger partial charge in [0.25, 0.3) is 5.56 Å². The van der Waals surface area contributed by atoms with Crippen molar-refractivity contribution < 1.29 is 8.42 Å². The van der Waals surface area contributed by atoms with E-state index in [2.05, 4.69) is 9.71 Å². The third-order valence-electron chi connectivity index (χ3n) is 1.89. The van der Waals surface area contributed by atoms with Gasteiger partial charge in [-0.25, -0.2) is 17.9 Å². The number of rotatable bonds is 4. The van der Waals surface area contributed by atoms with Crippen molar-refractivity contribution in [1.29, 1.82) is 0 Å². The van der Waals surface area contributed by atoms with Gasteiger partial charge >= 0.3 is 5.69 Å². The van der Waals surface area contributed by atoms with Crippen LogP contribution < -0.4 is 16.0 Å². The van der Waals surface area contributed by atoms with Crippen LogP contribution in [0.4, 0.5) is 0 Å². The van der Waals surface area contributed by atoms with Crippen molar-refractivity contribution in [3.05, 3.63) is 26.5 Å². The molecule has 1 heterocycles. The highest BCUT2D eigenvalue weighted by molar-refractivity contribution is 7.89. The fraction of sp³-hybridized carbons (Fsp3) is 0.500. The van der Waals surface area contributed by atoms with E-state index in [9.17, 15) is 18.0 Å². The molecule has 0 radical (unpaired) electrons. The molecule has 0 spiro atoms. The summed E-state index contributed by atoms with van der Waals surface area (Å²) in [4.78, 5) is 25.9. The van der Waals surface area contributed by atoms with Gasteiger partial charge in [-0.1, -0.05) is 6.92 Å². The fourth-order valence-electron chi connectivity index (χ4n) is 1.22. The minimum Gasteiger partial charge on any atom is -0.310 e. The Hall–Kier alpha value is -1.41. The summed E-state index contributed by atoms with van der Waals surface area (Å²) in [6, 6.07) is 0. The van der Waals surface area contributed by atoms with Crippen LogP contribution in [0.5, 0.6) is 0 Å². The van der Waals surface area contributed by atoms with Crippen LogP contribution in [0.25, 0.3) is 0 Å². The minimum absolute atomic E-state index is 0.0253. The Bertz CT molecular complexity index is 584. The van der Waals surface area contributed by atoms with Crippen LogP contribution in [0.15, 0.2) is 14.5 Å². The molecule has 0 amide bonds. The lowest BCUT2D eigenvalue weighted by atomic mass is 10.4. The first kappa shape index (κ1) is 12.7. The highest BCUT2D eigenvalue weighted by atomic mass is 32.2. The molecule has 0 saturated heterocycles. The molecule has 0 aliphatic heterocycles. The molecular weight excluding hydrogens is 234 g/mol. The topological polar surface area (TPSA) is 112 Å². The molecule has 1 aromatic rings. The summed E-state index contributed by atoms with van der Waals surface area (Å²) >= 11 is 0. The van der Waals surface area contributed by atoms with E-state index in [1.807, 2.05) is 4.98 Å². The summed E-state index contributed by atoms with van der Waals surface area (Å²) in [6.07, 6.45) is 0.611. The second-order valence-electron chi connectivity index (χ2n) is 3.26. The maximum absolute atomic E-state index is 11.7. The number of nitrogens with one attached hydrogen (secondary N) is 3. The number of aromatic amines is 2. The second-order valence-corrected chi connectivity index (χ2v) is 4.96. The molecule has 3 N–H and O–H groups in total. The first-order valence-electron chi connectivity index (χ1n) is 4.71. The van der Waals surface area contributed by atoms with E-state index < -0.39 is 26.2 Å². The average molecular weight is 247 g/mol. The van der Waals surface area contributed by atoms with Crippen LogP contribution in [0.2, 0.25) is 0 Å². The number of hydrogen-bond donors (Lipinski definition) is 3. The van der Waals surface area contributed by atoms with E-state index in [1.54, 1.807) is 6.92 Å². The first-order chi connectivity index (χ1) is 7.38. The molecule has 0 fully saturated rings. The van der Waals surface area contributed by atoms with Crippen molar-refractivity contribution in [2.75, 3.05) is 6.54 Å². The van der Waals surface area contributed by atoms with Gasteiger partial charge in [-0.05, 0) is 13.3 Å². The number of H-pyrrole nitrogens is 2. The zero-order valence-corrected chi connectivity index (χ0v) is 9.77. The summed E-state index contributed by atoms with van der Waals surface area (Å²) in [5.41, 5.74) is -1.61. The molecule has 0 aromatic carbocycles. The lowest BCUT2D eigenvalue weighted by molar-refractivity contribution is 0.577. The third-order valence-corrected chi connectivity index (χ3v) is 3.50. The smallest absolute Gasteiger partial charge is 0.310 e. The fourth-order valence-corrected chi connectivity index (χ4v) is 2.59. The molecule has 0 bridgehead atoms. The molecule has 1 aromatic heterocycles. The Morgan fingerprint density at radius 1 is 1.25 bits per heavy atom. The van der Waals surface area contributed by atoms with Gasteiger partial charge in [0.15, 0.2) is 4.90 Å². The molecule has 0 unspecified atom stereocenters. The van der Waals surface area contributed by atoms with E-state index in [4.69, 9.17) is 0 Å². The van der Waals surface area contributed by atoms with Crippen molar-refractivity contribution in [1.82, 2.24) is 14.7 Å². The van der Waals surface area contributed by atoms with E-state index in [-0.39, 0.29) is 12.2 Å². The van der Waals surface area contributed by atoms with Gasteiger partial charge in [0.2, 0.25) is 10.0 Å². The Morgan fingerprint density at radius 3 is 2.38 bits per heavy atom. The van der Waals surface area contributed by atoms with Crippen LogP contribution in [0, 0.1) is 6.92 Å². The molecule has 7 nitrogen and oxygen atoms in total. The Morgan fingerprint density at radius 2 is 1.88 bits per heavy atom. The van der Waals surface area contributed by atoms with Gasteiger partial charge in [0.05, 0.1) is 0 Å². The predicted molar refractivity (Wildman–Crippen MR) is 57.9 cm³/mol. The Balaban J connectivity index is 3.34. The van der Waals surface area contributed by atoms with Gasteiger partial charge in [-0.3, -0.25) is 9.78 Å². The van der Waals surface area contributed by atoms with Crippen molar-refractivity contribution in [3.8, 4) is 0 Å². The monoisotopic (exact) mass is 247 g/mol. The second kappa shape index (κ2) is 4.62. The first-order valence-corrected chi connectivity index (χ1v) is 6.19. The van der Waals surface area contributed by atoms with E-state index in [0.717, 1.165) is 0 Å². The number of sulfonamides is 1. The third kappa shape index (κ3) is 2.58. The number of hydrogen-bond acceptors (Lipinski definition) is 4. The van der Waals surface area contributed by atoms with Crippen LogP contribution in [-0.4, -0.2) is 24.9 Å². The van der Waals surface area contributed by atoms with Gasteiger partial charge in [0, 0.05) is 12.2 Å². The van der Waals surface area contributed by atoms with Gasteiger partial charge in [0.1, 0.15) is 0 Å². The zero-order chi connectivity index (χ0) is 12.3. The Labute approximate surface area is 92.0 Å². The zero-order valence-electron chi connectivity index (χ0n) is 8.96. The predicted octanol–water partition coefficient (Wildman–Crippen LogP) is -0.940. The molecular formula is C8H13N3O4S. The van der Waals surface area contributed by atoms with Crippen LogP contribution >= 0.6 is 0 Å². The molecule has 16 heavy (non-hydrogen) atoms. The van der Waals surface area contributed by atoms with E-state index in [1.165, 1.54) is 6.92 Å². The van der Waals surface area contributed by atoms with Crippen molar-refractivity contribution >= 4 is 10.0 Å². The highest BCUT2D eigenvalue weighted by Crippen LogP contribution is 2.04. The molecule has 0 aliphatic carbocycles. The maximum atomic E-state index is 11.7. The SMILES string of the molecule is CCCNS(=O)(=O)c1c(C)[nH]c(=O)[nH]c1=O. The molecule has 90 valence electrons.